The molecule has 116 valence electrons. The minimum absolute atomic E-state index is 0.268. The number of hydrogen-bond acceptors (Lipinski definition) is 3. The van der Waals surface area contributed by atoms with Gasteiger partial charge in [0.05, 0.1) is 0 Å². The largest absolute Gasteiger partial charge is 0.351 e. The first-order valence-electron chi connectivity index (χ1n) is 7.72. The molecule has 6 N–H and O–H groups in total. The number of urea groups is 1. The average Bonchev–Trinajstić information content (AvgIpc) is 2.48. The van der Waals surface area contributed by atoms with Crippen molar-refractivity contribution in [2.24, 2.45) is 17.4 Å². The molecule has 2 amide bonds. The molecule has 1 aromatic rings. The number of nitrogens with one attached hydrogen (secondary N) is 2. The first-order valence-corrected chi connectivity index (χ1v) is 7.72. The molecule has 1 aromatic carbocycles. The highest BCUT2D eigenvalue weighted by atomic mass is 16.2. The smallest absolute Gasteiger partial charge is 0.316 e. The maximum atomic E-state index is 10.8. The van der Waals surface area contributed by atoms with Gasteiger partial charge in [0.2, 0.25) is 0 Å². The minimum atomic E-state index is -0.540. The van der Waals surface area contributed by atoms with Crippen LogP contribution in [0.25, 0.3) is 0 Å². The molecule has 1 fully saturated rings. The number of carbonyl (C=O) groups excluding carboxylic acids is 1. The number of rotatable bonds is 5. The molecule has 21 heavy (non-hydrogen) atoms. The maximum Gasteiger partial charge on any atom is 0.316 e. The molecule has 1 saturated carbocycles. The van der Waals surface area contributed by atoms with Crippen LogP contribution >= 0.6 is 0 Å². The standard InChI is InChI=1S/C16H26N4O/c1-11(19-15-5-3-2-4-13(15)10-17)12-6-8-14(9-7-12)20-16(18)21/h6-9,11,13,15,19H,2-5,10,17H2,1H3,(H3,18,20,21). The van der Waals surface area contributed by atoms with Crippen LogP contribution in [0.1, 0.15) is 44.2 Å². The number of anilines is 1. The van der Waals surface area contributed by atoms with Crippen LogP contribution in [0.3, 0.4) is 0 Å². The molecule has 0 bridgehead atoms. The Hall–Kier alpha value is -1.59. The first-order chi connectivity index (χ1) is 10.1. The SMILES string of the molecule is CC(NC1CCCCC1CN)c1ccc(NC(N)=O)cc1. The summed E-state index contributed by atoms with van der Waals surface area (Å²) in [5.74, 6) is 0.581. The van der Waals surface area contributed by atoms with Gasteiger partial charge in [-0.1, -0.05) is 25.0 Å². The predicted octanol–water partition coefficient (Wildman–Crippen LogP) is 2.35. The highest BCUT2D eigenvalue weighted by Crippen LogP contribution is 2.26. The summed E-state index contributed by atoms with van der Waals surface area (Å²) < 4.78 is 0. The number of nitrogens with two attached hydrogens (primary N) is 2. The van der Waals surface area contributed by atoms with Crippen LogP contribution in [-0.2, 0) is 0 Å². The van der Waals surface area contributed by atoms with Gasteiger partial charge >= 0.3 is 6.03 Å². The Morgan fingerprint density at radius 3 is 2.57 bits per heavy atom. The molecule has 0 heterocycles. The Morgan fingerprint density at radius 2 is 1.95 bits per heavy atom. The zero-order valence-corrected chi connectivity index (χ0v) is 12.6. The lowest BCUT2D eigenvalue weighted by atomic mass is 9.84. The molecule has 0 radical (unpaired) electrons. The summed E-state index contributed by atoms with van der Waals surface area (Å²) in [4.78, 5) is 10.8. The van der Waals surface area contributed by atoms with Gasteiger partial charge in [0.25, 0.3) is 0 Å². The van der Waals surface area contributed by atoms with Crippen molar-refractivity contribution in [1.29, 1.82) is 0 Å². The van der Waals surface area contributed by atoms with Gasteiger partial charge in [-0.05, 0) is 49.9 Å². The van der Waals surface area contributed by atoms with Gasteiger partial charge in [-0.2, -0.15) is 0 Å². The fraction of sp³-hybridized carbons (Fsp3) is 0.562. The van der Waals surface area contributed by atoms with E-state index in [1.165, 1.54) is 31.2 Å². The summed E-state index contributed by atoms with van der Waals surface area (Å²) >= 11 is 0. The molecule has 5 nitrogen and oxygen atoms in total. The van der Waals surface area contributed by atoms with Gasteiger partial charge in [-0.15, -0.1) is 0 Å². The van der Waals surface area contributed by atoms with Crippen LogP contribution in [0.2, 0.25) is 0 Å². The molecular weight excluding hydrogens is 264 g/mol. The van der Waals surface area contributed by atoms with Crippen molar-refractivity contribution >= 4 is 11.7 Å². The second-order valence-corrected chi connectivity index (χ2v) is 5.89. The Morgan fingerprint density at radius 1 is 1.29 bits per heavy atom. The van der Waals surface area contributed by atoms with Crippen LogP contribution < -0.4 is 22.1 Å². The quantitative estimate of drug-likeness (QED) is 0.670. The van der Waals surface area contributed by atoms with E-state index >= 15 is 0 Å². The number of hydrogen-bond donors (Lipinski definition) is 4. The minimum Gasteiger partial charge on any atom is -0.351 e. The van der Waals surface area contributed by atoms with Crippen LogP contribution in [0.5, 0.6) is 0 Å². The predicted molar refractivity (Wildman–Crippen MR) is 86.0 cm³/mol. The van der Waals surface area contributed by atoms with Crippen molar-refractivity contribution in [3.63, 3.8) is 0 Å². The van der Waals surface area contributed by atoms with E-state index < -0.39 is 6.03 Å². The highest BCUT2D eigenvalue weighted by Gasteiger charge is 2.25. The number of amides is 2. The zero-order valence-electron chi connectivity index (χ0n) is 12.6. The van der Waals surface area contributed by atoms with Crippen LogP contribution in [0.15, 0.2) is 24.3 Å². The lowest BCUT2D eigenvalue weighted by Gasteiger charge is -2.34. The summed E-state index contributed by atoms with van der Waals surface area (Å²) in [6, 6.07) is 8.01. The van der Waals surface area contributed by atoms with Crippen molar-refractivity contribution < 1.29 is 4.79 Å². The maximum absolute atomic E-state index is 10.8. The van der Waals surface area contributed by atoms with Gasteiger partial charge in [0.1, 0.15) is 0 Å². The second kappa shape index (κ2) is 7.43. The van der Waals surface area contributed by atoms with Crippen molar-refractivity contribution in [1.82, 2.24) is 5.32 Å². The monoisotopic (exact) mass is 290 g/mol. The van der Waals surface area contributed by atoms with Gasteiger partial charge < -0.3 is 22.1 Å². The lowest BCUT2D eigenvalue weighted by molar-refractivity contribution is 0.252. The molecule has 0 aliphatic heterocycles. The van der Waals surface area contributed by atoms with Gasteiger partial charge in [-0.3, -0.25) is 0 Å². The number of primary amides is 1. The molecular formula is C16H26N4O. The van der Waals surface area contributed by atoms with Crippen LogP contribution in [-0.4, -0.2) is 18.6 Å². The van der Waals surface area contributed by atoms with E-state index in [1.54, 1.807) is 0 Å². The summed E-state index contributed by atoms with van der Waals surface area (Å²) in [7, 11) is 0. The first kappa shape index (κ1) is 15.8. The third kappa shape index (κ3) is 4.44. The second-order valence-electron chi connectivity index (χ2n) is 5.89. The Labute approximate surface area is 126 Å². The molecule has 0 spiro atoms. The Bertz CT molecular complexity index is 460. The van der Waals surface area contributed by atoms with Crippen molar-refractivity contribution in [3.8, 4) is 0 Å². The van der Waals surface area contributed by atoms with E-state index in [0.29, 0.717) is 12.0 Å². The summed E-state index contributed by atoms with van der Waals surface area (Å²) in [5, 5.41) is 6.27. The van der Waals surface area contributed by atoms with E-state index in [-0.39, 0.29) is 6.04 Å². The lowest BCUT2D eigenvalue weighted by Crippen LogP contribution is -2.42. The van der Waals surface area contributed by atoms with E-state index in [0.717, 1.165) is 12.2 Å². The molecule has 2 rings (SSSR count). The highest BCUT2D eigenvalue weighted by molar-refractivity contribution is 5.87. The topological polar surface area (TPSA) is 93.2 Å². The normalized spacial score (nSPS) is 23.5. The van der Waals surface area contributed by atoms with E-state index in [2.05, 4.69) is 17.6 Å². The molecule has 0 aromatic heterocycles. The molecule has 5 heteroatoms. The number of carbonyl (C=O) groups is 1. The van der Waals surface area contributed by atoms with Crippen molar-refractivity contribution in [3.05, 3.63) is 29.8 Å². The number of benzene rings is 1. The van der Waals surface area contributed by atoms with Gasteiger partial charge in [-0.25, -0.2) is 4.79 Å². The molecule has 3 atom stereocenters. The van der Waals surface area contributed by atoms with Gasteiger partial charge in [0.15, 0.2) is 0 Å². The Balaban J connectivity index is 1.95. The van der Waals surface area contributed by atoms with Crippen molar-refractivity contribution in [2.75, 3.05) is 11.9 Å². The summed E-state index contributed by atoms with van der Waals surface area (Å²) in [5.41, 5.74) is 12.9. The fourth-order valence-electron chi connectivity index (χ4n) is 3.12. The third-order valence-electron chi connectivity index (χ3n) is 4.35. The summed E-state index contributed by atoms with van der Waals surface area (Å²) in [6.45, 7) is 2.92. The molecule has 0 saturated heterocycles. The Kier molecular flexibility index (Phi) is 5.59. The van der Waals surface area contributed by atoms with Gasteiger partial charge in [0, 0.05) is 17.8 Å². The van der Waals surface area contributed by atoms with E-state index in [4.69, 9.17) is 11.5 Å². The fourth-order valence-corrected chi connectivity index (χ4v) is 3.12. The zero-order chi connectivity index (χ0) is 15.2. The molecule has 3 unspecified atom stereocenters. The molecule has 1 aliphatic carbocycles. The van der Waals surface area contributed by atoms with E-state index in [1.807, 2.05) is 24.3 Å². The van der Waals surface area contributed by atoms with E-state index in [9.17, 15) is 4.79 Å². The molecule has 1 aliphatic rings. The average molecular weight is 290 g/mol. The summed E-state index contributed by atoms with van der Waals surface area (Å²) in [6.07, 6.45) is 5.00. The van der Waals surface area contributed by atoms with Crippen LogP contribution in [0.4, 0.5) is 10.5 Å². The third-order valence-corrected chi connectivity index (χ3v) is 4.35. The van der Waals surface area contributed by atoms with Crippen LogP contribution in [0, 0.1) is 5.92 Å². The van der Waals surface area contributed by atoms with Crippen molar-refractivity contribution in [2.45, 2.75) is 44.7 Å².